The third-order valence-corrected chi connectivity index (χ3v) is 5.94. The van der Waals surface area contributed by atoms with Crippen LogP contribution in [0, 0.1) is 22.7 Å². The Morgan fingerprint density at radius 1 is 1.09 bits per heavy atom. The highest BCUT2D eigenvalue weighted by Gasteiger charge is 2.23. The molecular formula is C24H17N5O2S. The van der Waals surface area contributed by atoms with Crippen LogP contribution < -0.4 is 5.56 Å². The van der Waals surface area contributed by atoms with Crippen molar-refractivity contribution in [1.82, 2.24) is 15.0 Å². The quantitative estimate of drug-likeness (QED) is 0.462. The average Bonchev–Trinajstić information content (AvgIpc) is 3.29. The minimum atomic E-state index is -0.934. The second kappa shape index (κ2) is 9.34. The van der Waals surface area contributed by atoms with Gasteiger partial charge in [0.2, 0.25) is 0 Å². The molecule has 1 unspecified atom stereocenters. The van der Waals surface area contributed by atoms with Gasteiger partial charge in [0.15, 0.2) is 11.7 Å². The van der Waals surface area contributed by atoms with Crippen LogP contribution in [0.3, 0.4) is 0 Å². The van der Waals surface area contributed by atoms with Crippen molar-refractivity contribution in [1.29, 1.82) is 10.5 Å². The molecular weight excluding hydrogens is 422 g/mol. The third-order valence-electron chi connectivity index (χ3n) is 5.03. The lowest BCUT2D eigenvalue weighted by molar-refractivity contribution is -0.119. The number of fused-ring (bicyclic) bond motifs is 1. The summed E-state index contributed by atoms with van der Waals surface area (Å²) in [5, 5.41) is 21.3. The Hall–Kier alpha value is -4.14. The van der Waals surface area contributed by atoms with Gasteiger partial charge in [-0.15, -0.1) is 11.3 Å². The molecule has 1 atom stereocenters. The van der Waals surface area contributed by atoms with Gasteiger partial charge in [0.1, 0.15) is 10.8 Å². The van der Waals surface area contributed by atoms with E-state index in [1.165, 1.54) is 11.3 Å². The van der Waals surface area contributed by atoms with E-state index in [0.717, 1.165) is 5.56 Å². The summed E-state index contributed by atoms with van der Waals surface area (Å²) >= 11 is 1.27. The summed E-state index contributed by atoms with van der Waals surface area (Å²) in [6, 6.07) is 18.2. The molecule has 0 amide bonds. The number of hydrogen-bond donors (Lipinski definition) is 1. The minimum Gasteiger partial charge on any atom is -0.310 e. The molecule has 0 radical (unpaired) electrons. The van der Waals surface area contributed by atoms with Gasteiger partial charge >= 0.3 is 0 Å². The highest BCUT2D eigenvalue weighted by atomic mass is 32.1. The van der Waals surface area contributed by atoms with Crippen molar-refractivity contribution in [2.45, 2.75) is 25.2 Å². The summed E-state index contributed by atoms with van der Waals surface area (Å²) in [5.41, 5.74) is 2.45. The number of ketones is 1. The van der Waals surface area contributed by atoms with Crippen molar-refractivity contribution < 1.29 is 4.79 Å². The van der Waals surface area contributed by atoms with Crippen LogP contribution in [0.25, 0.3) is 22.2 Å². The molecule has 32 heavy (non-hydrogen) atoms. The first-order valence-corrected chi connectivity index (χ1v) is 10.8. The number of carbonyl (C=O) groups is 1. The zero-order valence-corrected chi connectivity index (χ0v) is 17.7. The fraction of sp³-hybridized carbons (Fsp3) is 0.167. The van der Waals surface area contributed by atoms with Crippen LogP contribution in [0.4, 0.5) is 0 Å². The monoisotopic (exact) mass is 439 g/mol. The Bertz CT molecular complexity index is 1420. The first-order valence-electron chi connectivity index (χ1n) is 9.95. The van der Waals surface area contributed by atoms with Crippen LogP contribution >= 0.6 is 11.3 Å². The maximum atomic E-state index is 12.7. The number of aryl methyl sites for hydroxylation is 1. The number of nitrogens with one attached hydrogen (secondary N) is 1. The molecule has 0 aliphatic heterocycles. The van der Waals surface area contributed by atoms with Crippen molar-refractivity contribution >= 4 is 28.0 Å². The normalized spacial score (nSPS) is 11.6. The molecule has 7 nitrogen and oxygen atoms in total. The SMILES string of the molecule is N#Cc1ccc(-c2csc(C(C#N)C(=O)CCCc3nc4ccccc4c(=O)[nH]3)n2)cc1. The van der Waals surface area contributed by atoms with Gasteiger partial charge in [-0.2, -0.15) is 10.5 Å². The summed E-state index contributed by atoms with van der Waals surface area (Å²) in [7, 11) is 0. The molecule has 0 saturated heterocycles. The molecule has 0 saturated carbocycles. The molecule has 0 bridgehead atoms. The van der Waals surface area contributed by atoms with E-state index < -0.39 is 5.92 Å². The number of Topliss-reactive ketones (excluding diaryl/α,β-unsaturated/α-hetero) is 1. The standard InChI is InChI=1S/C24H17N5O2S/c25-12-15-8-10-16(11-9-15)20-14-32-24(28-20)18(13-26)21(30)6-3-7-22-27-19-5-2-1-4-17(19)23(31)29-22/h1-2,4-5,8-11,14,18H,3,6-7H2,(H,27,29,31). The Morgan fingerprint density at radius 2 is 1.88 bits per heavy atom. The lowest BCUT2D eigenvalue weighted by Gasteiger charge is -2.06. The molecule has 0 fully saturated rings. The largest absolute Gasteiger partial charge is 0.310 e. The van der Waals surface area contributed by atoms with Gasteiger partial charge in [-0.3, -0.25) is 9.59 Å². The summed E-state index contributed by atoms with van der Waals surface area (Å²) in [6.45, 7) is 0. The van der Waals surface area contributed by atoms with E-state index in [2.05, 4.69) is 27.1 Å². The molecule has 8 heteroatoms. The first-order chi connectivity index (χ1) is 15.6. The van der Waals surface area contributed by atoms with E-state index in [0.29, 0.717) is 45.8 Å². The zero-order valence-electron chi connectivity index (χ0n) is 16.9. The van der Waals surface area contributed by atoms with Crippen molar-refractivity contribution in [2.75, 3.05) is 0 Å². The number of nitriles is 2. The van der Waals surface area contributed by atoms with Crippen LogP contribution in [-0.4, -0.2) is 20.7 Å². The van der Waals surface area contributed by atoms with Gasteiger partial charge in [-0.1, -0.05) is 24.3 Å². The first kappa shape index (κ1) is 21.1. The van der Waals surface area contributed by atoms with Crippen LogP contribution in [0.2, 0.25) is 0 Å². The molecule has 0 aliphatic carbocycles. The molecule has 0 spiro atoms. The van der Waals surface area contributed by atoms with Gasteiger partial charge in [-0.05, 0) is 30.7 Å². The van der Waals surface area contributed by atoms with Crippen molar-refractivity contribution in [3.05, 3.63) is 80.7 Å². The van der Waals surface area contributed by atoms with Crippen LogP contribution in [0.5, 0.6) is 0 Å². The van der Waals surface area contributed by atoms with E-state index in [4.69, 9.17) is 5.26 Å². The number of aromatic amines is 1. The summed E-state index contributed by atoms with van der Waals surface area (Å²) in [4.78, 5) is 36.5. The number of para-hydroxylation sites is 1. The number of H-pyrrole nitrogens is 1. The number of hydrogen-bond acceptors (Lipinski definition) is 7. The van der Waals surface area contributed by atoms with Gasteiger partial charge in [0.25, 0.3) is 5.56 Å². The molecule has 4 aromatic rings. The lowest BCUT2D eigenvalue weighted by Crippen LogP contribution is -2.14. The predicted molar refractivity (Wildman–Crippen MR) is 121 cm³/mol. The van der Waals surface area contributed by atoms with Crippen molar-refractivity contribution in [2.24, 2.45) is 0 Å². The third kappa shape index (κ3) is 4.46. The molecule has 2 aromatic carbocycles. The highest BCUT2D eigenvalue weighted by molar-refractivity contribution is 7.10. The maximum Gasteiger partial charge on any atom is 0.258 e. The number of thiazole rings is 1. The number of rotatable bonds is 7. The summed E-state index contributed by atoms with van der Waals surface area (Å²) < 4.78 is 0. The smallest absolute Gasteiger partial charge is 0.258 e. The number of nitrogens with zero attached hydrogens (tertiary/aromatic N) is 4. The minimum absolute atomic E-state index is 0.181. The van der Waals surface area contributed by atoms with Gasteiger partial charge in [-0.25, -0.2) is 9.97 Å². The van der Waals surface area contributed by atoms with E-state index in [1.54, 1.807) is 47.8 Å². The Labute approximate surface area is 187 Å². The molecule has 156 valence electrons. The van der Waals surface area contributed by atoms with Crippen LogP contribution in [0.1, 0.15) is 35.2 Å². The fourth-order valence-corrected chi connectivity index (χ4v) is 4.25. The maximum absolute atomic E-state index is 12.7. The summed E-state index contributed by atoms with van der Waals surface area (Å²) in [5.74, 6) is -0.625. The van der Waals surface area contributed by atoms with Crippen LogP contribution in [-0.2, 0) is 11.2 Å². The second-order valence-corrected chi connectivity index (χ2v) is 8.06. The van der Waals surface area contributed by atoms with Crippen molar-refractivity contribution in [3.63, 3.8) is 0 Å². The van der Waals surface area contributed by atoms with E-state index in [1.807, 2.05) is 6.07 Å². The van der Waals surface area contributed by atoms with Crippen molar-refractivity contribution in [3.8, 4) is 23.4 Å². The molecule has 2 aromatic heterocycles. The van der Waals surface area contributed by atoms with Gasteiger partial charge in [0.05, 0.1) is 34.3 Å². The zero-order chi connectivity index (χ0) is 22.5. The Morgan fingerprint density at radius 3 is 2.62 bits per heavy atom. The van der Waals surface area contributed by atoms with Crippen LogP contribution in [0.15, 0.2) is 58.7 Å². The van der Waals surface area contributed by atoms with E-state index in [-0.39, 0.29) is 17.8 Å². The predicted octanol–water partition coefficient (Wildman–Crippen LogP) is 4.12. The molecule has 1 N–H and O–H groups in total. The number of aromatic nitrogens is 3. The number of carbonyl (C=O) groups excluding carboxylic acids is 1. The Balaban J connectivity index is 1.41. The molecule has 0 aliphatic rings. The van der Waals surface area contributed by atoms with Gasteiger partial charge < -0.3 is 4.98 Å². The van der Waals surface area contributed by atoms with Gasteiger partial charge in [0, 0.05) is 23.8 Å². The second-order valence-electron chi connectivity index (χ2n) is 7.17. The lowest BCUT2D eigenvalue weighted by atomic mass is 10.0. The average molecular weight is 440 g/mol. The molecule has 2 heterocycles. The van der Waals surface area contributed by atoms with E-state index >= 15 is 0 Å². The Kier molecular flexibility index (Phi) is 6.16. The highest BCUT2D eigenvalue weighted by Crippen LogP contribution is 2.28. The molecule has 4 rings (SSSR count). The number of benzene rings is 2. The topological polar surface area (TPSA) is 123 Å². The fourth-order valence-electron chi connectivity index (χ4n) is 3.36. The summed E-state index contributed by atoms with van der Waals surface area (Å²) in [6.07, 6.45) is 1.07. The van der Waals surface area contributed by atoms with E-state index in [9.17, 15) is 14.9 Å².